The van der Waals surface area contributed by atoms with E-state index >= 15 is 0 Å². The van der Waals surface area contributed by atoms with Crippen LogP contribution in [-0.2, 0) is 4.74 Å². The normalized spacial score (nSPS) is 11.7. The molecule has 2 aromatic heterocycles. The number of hydrogen-bond acceptors (Lipinski definition) is 5. The molecule has 156 valence electrons. The molecule has 4 rings (SSSR count). The zero-order valence-electron chi connectivity index (χ0n) is 17.4. The van der Waals surface area contributed by atoms with Crippen LogP contribution < -0.4 is 4.74 Å². The Labute approximate surface area is 179 Å². The van der Waals surface area contributed by atoms with Gasteiger partial charge in [-0.05, 0) is 42.7 Å². The first-order valence-corrected chi connectivity index (χ1v) is 10.2. The molecule has 0 saturated carbocycles. The number of H-pyrrole nitrogens is 1. The first kappa shape index (κ1) is 20.4. The second kappa shape index (κ2) is 8.13. The molecule has 2 heterocycles. The highest BCUT2D eigenvalue weighted by Crippen LogP contribution is 2.42. The molecule has 0 aliphatic carbocycles. The van der Waals surface area contributed by atoms with Gasteiger partial charge in [-0.15, -0.1) is 0 Å². The van der Waals surface area contributed by atoms with Crippen molar-refractivity contribution in [3.05, 3.63) is 46.6 Å². The largest absolute Gasteiger partial charge is 0.506 e. The molecular formula is C23H24ClN3O3. The van der Waals surface area contributed by atoms with Gasteiger partial charge in [0, 0.05) is 34.4 Å². The Hall–Kier alpha value is -2.83. The van der Waals surface area contributed by atoms with Gasteiger partial charge in [0.15, 0.2) is 5.65 Å². The van der Waals surface area contributed by atoms with E-state index in [0.29, 0.717) is 18.9 Å². The molecule has 7 heteroatoms. The standard InChI is InChI=1S/C23H24ClN3O3/c1-12(2)15-10-16-20(13(3)22(15)30-8-7-29-4)17-11-25-27-23(17)26-21(16)14-5-6-19(28)18(24)9-14/h5-6,9-12,28H,7-8H2,1-4H3,(H,25,26,27). The molecule has 0 spiro atoms. The Kier molecular flexibility index (Phi) is 5.54. The Morgan fingerprint density at radius 3 is 2.67 bits per heavy atom. The van der Waals surface area contributed by atoms with E-state index in [2.05, 4.69) is 37.0 Å². The highest BCUT2D eigenvalue weighted by atomic mass is 35.5. The van der Waals surface area contributed by atoms with E-state index in [1.807, 2.05) is 6.07 Å². The summed E-state index contributed by atoms with van der Waals surface area (Å²) < 4.78 is 11.3. The number of aromatic amines is 1. The lowest BCUT2D eigenvalue weighted by Crippen LogP contribution is -2.08. The summed E-state index contributed by atoms with van der Waals surface area (Å²) in [5.41, 5.74) is 4.42. The molecule has 0 amide bonds. The van der Waals surface area contributed by atoms with Crippen LogP contribution in [0.2, 0.25) is 5.02 Å². The minimum atomic E-state index is 0.0419. The number of phenols is 1. The van der Waals surface area contributed by atoms with Crippen LogP contribution in [0.25, 0.3) is 33.1 Å². The van der Waals surface area contributed by atoms with Crippen LogP contribution in [0.4, 0.5) is 0 Å². The number of methoxy groups -OCH3 is 1. The Bertz CT molecular complexity index is 1230. The summed E-state index contributed by atoms with van der Waals surface area (Å²) in [6.45, 7) is 7.35. The number of phenolic OH excluding ortho intramolecular Hbond substituents is 1. The second-order valence-electron chi connectivity index (χ2n) is 7.60. The molecule has 0 atom stereocenters. The van der Waals surface area contributed by atoms with Crippen molar-refractivity contribution in [2.75, 3.05) is 20.3 Å². The van der Waals surface area contributed by atoms with Gasteiger partial charge in [-0.2, -0.15) is 5.10 Å². The Morgan fingerprint density at radius 1 is 1.17 bits per heavy atom. The fourth-order valence-corrected chi connectivity index (χ4v) is 3.98. The number of ether oxygens (including phenoxy) is 2. The van der Waals surface area contributed by atoms with E-state index in [0.717, 1.165) is 44.3 Å². The minimum absolute atomic E-state index is 0.0419. The average molecular weight is 426 g/mol. The van der Waals surface area contributed by atoms with Crippen molar-refractivity contribution in [1.82, 2.24) is 15.2 Å². The predicted octanol–water partition coefficient (Wildman–Crippen LogP) is 5.59. The van der Waals surface area contributed by atoms with Crippen LogP contribution in [0.15, 0.2) is 30.5 Å². The number of halogens is 1. The number of hydrogen-bond donors (Lipinski definition) is 2. The Balaban J connectivity index is 2.06. The molecule has 0 radical (unpaired) electrons. The summed E-state index contributed by atoms with van der Waals surface area (Å²) in [4.78, 5) is 4.83. The van der Waals surface area contributed by atoms with Crippen LogP contribution in [0.5, 0.6) is 11.5 Å². The first-order chi connectivity index (χ1) is 14.4. The summed E-state index contributed by atoms with van der Waals surface area (Å²) >= 11 is 6.19. The highest BCUT2D eigenvalue weighted by molar-refractivity contribution is 6.32. The van der Waals surface area contributed by atoms with Gasteiger partial charge in [0.2, 0.25) is 0 Å². The number of pyridine rings is 1. The molecule has 30 heavy (non-hydrogen) atoms. The van der Waals surface area contributed by atoms with Crippen molar-refractivity contribution in [2.45, 2.75) is 26.7 Å². The predicted molar refractivity (Wildman–Crippen MR) is 120 cm³/mol. The van der Waals surface area contributed by atoms with Crippen molar-refractivity contribution in [2.24, 2.45) is 0 Å². The SMILES string of the molecule is COCCOc1c(C(C)C)cc2c(-c3ccc(O)c(Cl)c3)nc3[nH]ncc3c2c1C. The van der Waals surface area contributed by atoms with Gasteiger partial charge in [-0.1, -0.05) is 25.4 Å². The quantitative estimate of drug-likeness (QED) is 0.393. The maximum Gasteiger partial charge on any atom is 0.156 e. The average Bonchev–Trinajstić information content (AvgIpc) is 3.19. The van der Waals surface area contributed by atoms with Crippen LogP contribution in [0.1, 0.15) is 30.9 Å². The third kappa shape index (κ3) is 3.46. The van der Waals surface area contributed by atoms with Crippen LogP contribution in [-0.4, -0.2) is 40.6 Å². The molecule has 0 unspecified atom stereocenters. The number of aromatic hydroxyl groups is 1. The molecule has 0 saturated heterocycles. The van der Waals surface area contributed by atoms with E-state index in [9.17, 15) is 5.11 Å². The lowest BCUT2D eigenvalue weighted by molar-refractivity contribution is 0.145. The second-order valence-corrected chi connectivity index (χ2v) is 8.00. The molecule has 0 aliphatic rings. The molecule has 2 N–H and O–H groups in total. The molecule has 2 aromatic carbocycles. The number of aryl methyl sites for hydroxylation is 1. The third-order valence-electron chi connectivity index (χ3n) is 5.29. The molecule has 6 nitrogen and oxygen atoms in total. The lowest BCUT2D eigenvalue weighted by atomic mass is 9.91. The summed E-state index contributed by atoms with van der Waals surface area (Å²) in [5, 5.41) is 20.3. The number of aromatic nitrogens is 3. The van der Waals surface area contributed by atoms with Crippen LogP contribution >= 0.6 is 11.6 Å². The van der Waals surface area contributed by atoms with Crippen LogP contribution in [0.3, 0.4) is 0 Å². The highest BCUT2D eigenvalue weighted by Gasteiger charge is 2.21. The van der Waals surface area contributed by atoms with Gasteiger partial charge in [-0.3, -0.25) is 5.10 Å². The van der Waals surface area contributed by atoms with Gasteiger partial charge >= 0.3 is 0 Å². The zero-order chi connectivity index (χ0) is 21.4. The number of fused-ring (bicyclic) bond motifs is 3. The number of nitrogens with one attached hydrogen (secondary N) is 1. The smallest absolute Gasteiger partial charge is 0.156 e. The maximum absolute atomic E-state index is 9.85. The van der Waals surface area contributed by atoms with Gasteiger partial charge in [0.05, 0.1) is 23.5 Å². The van der Waals surface area contributed by atoms with Gasteiger partial charge in [0.25, 0.3) is 0 Å². The van der Waals surface area contributed by atoms with E-state index < -0.39 is 0 Å². The van der Waals surface area contributed by atoms with E-state index in [1.54, 1.807) is 25.4 Å². The van der Waals surface area contributed by atoms with Crippen LogP contribution in [0, 0.1) is 6.92 Å². The molecule has 0 bridgehead atoms. The maximum atomic E-state index is 9.85. The minimum Gasteiger partial charge on any atom is -0.506 e. The van der Waals surface area contributed by atoms with Crippen molar-refractivity contribution in [3.63, 3.8) is 0 Å². The third-order valence-corrected chi connectivity index (χ3v) is 5.59. The van der Waals surface area contributed by atoms with E-state index in [1.165, 1.54) is 0 Å². The fraction of sp³-hybridized carbons (Fsp3) is 0.304. The Morgan fingerprint density at radius 2 is 1.97 bits per heavy atom. The van der Waals surface area contributed by atoms with Crippen molar-refractivity contribution < 1.29 is 14.6 Å². The van der Waals surface area contributed by atoms with Crippen molar-refractivity contribution >= 4 is 33.4 Å². The molecular weight excluding hydrogens is 402 g/mol. The first-order valence-electron chi connectivity index (χ1n) is 9.83. The van der Waals surface area contributed by atoms with Gasteiger partial charge in [-0.25, -0.2) is 4.98 Å². The van der Waals surface area contributed by atoms with Gasteiger partial charge < -0.3 is 14.6 Å². The number of rotatable bonds is 6. The molecule has 0 aliphatic heterocycles. The van der Waals surface area contributed by atoms with Gasteiger partial charge in [0.1, 0.15) is 18.1 Å². The summed E-state index contributed by atoms with van der Waals surface area (Å²) in [6, 6.07) is 7.28. The topological polar surface area (TPSA) is 80.3 Å². The molecule has 0 fully saturated rings. The number of nitrogens with zero attached hydrogens (tertiary/aromatic N) is 2. The summed E-state index contributed by atoms with van der Waals surface area (Å²) in [7, 11) is 1.66. The van der Waals surface area contributed by atoms with E-state index in [4.69, 9.17) is 26.1 Å². The fourth-order valence-electron chi connectivity index (χ4n) is 3.80. The lowest BCUT2D eigenvalue weighted by Gasteiger charge is -2.20. The monoisotopic (exact) mass is 425 g/mol. The van der Waals surface area contributed by atoms with E-state index in [-0.39, 0.29) is 16.7 Å². The summed E-state index contributed by atoms with van der Waals surface area (Å²) in [6.07, 6.45) is 1.79. The van der Waals surface area contributed by atoms with Crippen molar-refractivity contribution in [1.29, 1.82) is 0 Å². The zero-order valence-corrected chi connectivity index (χ0v) is 18.2. The van der Waals surface area contributed by atoms with Crippen molar-refractivity contribution in [3.8, 4) is 22.8 Å². The summed E-state index contributed by atoms with van der Waals surface area (Å²) in [5.74, 6) is 1.17. The molecule has 4 aromatic rings. The number of benzene rings is 2.